The average molecular weight is 227 g/mol. The molecule has 0 spiro atoms. The number of nitrogens with one attached hydrogen (secondary N) is 1. The summed E-state index contributed by atoms with van der Waals surface area (Å²) in [4.78, 5) is 24.6. The van der Waals surface area contributed by atoms with Crippen molar-refractivity contribution in [3.05, 3.63) is 0 Å². The van der Waals surface area contributed by atoms with E-state index in [1.165, 1.54) is 4.90 Å². The first-order chi connectivity index (χ1) is 7.49. The molecule has 16 heavy (non-hydrogen) atoms. The minimum absolute atomic E-state index is 0.00655. The number of hydrogen-bond donors (Lipinski definition) is 2. The van der Waals surface area contributed by atoms with Gasteiger partial charge >= 0.3 is 0 Å². The number of piperidine rings is 1. The van der Waals surface area contributed by atoms with Gasteiger partial charge in [0, 0.05) is 6.54 Å². The van der Waals surface area contributed by atoms with Gasteiger partial charge in [-0.15, -0.1) is 0 Å². The Hall–Kier alpha value is -1.10. The molecule has 1 rings (SSSR count). The summed E-state index contributed by atoms with van der Waals surface area (Å²) in [6.45, 7) is 5.13. The second-order valence-corrected chi connectivity index (χ2v) is 4.50. The van der Waals surface area contributed by atoms with Gasteiger partial charge in [-0.2, -0.15) is 0 Å². The van der Waals surface area contributed by atoms with Crippen LogP contribution in [0.15, 0.2) is 0 Å². The van der Waals surface area contributed by atoms with Gasteiger partial charge in [-0.05, 0) is 39.7 Å². The van der Waals surface area contributed by atoms with E-state index in [1.807, 2.05) is 13.8 Å². The number of rotatable bonds is 4. The maximum atomic E-state index is 12.2. The van der Waals surface area contributed by atoms with E-state index < -0.39 is 11.4 Å². The first-order valence-corrected chi connectivity index (χ1v) is 5.82. The summed E-state index contributed by atoms with van der Waals surface area (Å²) in [6.07, 6.45) is 2.97. The largest absolute Gasteiger partial charge is 0.368 e. The molecular formula is C11H21N3O2. The highest BCUT2D eigenvalue weighted by Gasteiger charge is 2.37. The van der Waals surface area contributed by atoms with Gasteiger partial charge in [0.2, 0.25) is 11.8 Å². The zero-order chi connectivity index (χ0) is 12.2. The van der Waals surface area contributed by atoms with Gasteiger partial charge in [-0.3, -0.25) is 9.59 Å². The van der Waals surface area contributed by atoms with Crippen molar-refractivity contribution in [2.75, 3.05) is 19.6 Å². The van der Waals surface area contributed by atoms with Crippen LogP contribution in [0.4, 0.5) is 0 Å². The van der Waals surface area contributed by atoms with Crippen molar-refractivity contribution in [1.29, 1.82) is 0 Å². The molecule has 2 amide bonds. The van der Waals surface area contributed by atoms with Gasteiger partial charge in [0.1, 0.15) is 0 Å². The molecule has 5 nitrogen and oxygen atoms in total. The van der Waals surface area contributed by atoms with Crippen LogP contribution < -0.4 is 11.1 Å². The number of likely N-dealkylation sites (N-methyl/N-ethyl adjacent to an activating group) is 1. The molecule has 0 aromatic heterocycles. The van der Waals surface area contributed by atoms with Gasteiger partial charge in [0.15, 0.2) is 0 Å². The zero-order valence-electron chi connectivity index (χ0n) is 10.1. The first kappa shape index (κ1) is 13.0. The van der Waals surface area contributed by atoms with Gasteiger partial charge < -0.3 is 16.0 Å². The SMILES string of the molecule is CCN(CC(N)=O)C(=O)C1(C)CCCCN1. The zero-order valence-corrected chi connectivity index (χ0v) is 10.1. The van der Waals surface area contributed by atoms with Crippen molar-refractivity contribution < 1.29 is 9.59 Å². The molecule has 0 bridgehead atoms. The van der Waals surface area contributed by atoms with E-state index in [2.05, 4.69) is 5.32 Å². The molecule has 5 heteroatoms. The van der Waals surface area contributed by atoms with Gasteiger partial charge in [-0.1, -0.05) is 0 Å². The van der Waals surface area contributed by atoms with Crippen LogP contribution in [-0.2, 0) is 9.59 Å². The Morgan fingerprint density at radius 3 is 2.56 bits per heavy atom. The Bertz CT molecular complexity index is 272. The highest BCUT2D eigenvalue weighted by molar-refractivity contribution is 5.89. The van der Waals surface area contributed by atoms with Crippen molar-refractivity contribution in [2.45, 2.75) is 38.6 Å². The third kappa shape index (κ3) is 2.95. The summed E-state index contributed by atoms with van der Waals surface area (Å²) in [5.74, 6) is -0.483. The van der Waals surface area contributed by atoms with Crippen LogP contribution in [0.2, 0.25) is 0 Å². The molecule has 1 aliphatic rings. The molecule has 0 aliphatic carbocycles. The summed E-state index contributed by atoms with van der Waals surface area (Å²) in [5, 5.41) is 3.24. The molecule has 0 aromatic carbocycles. The van der Waals surface area contributed by atoms with E-state index in [0.29, 0.717) is 6.54 Å². The maximum Gasteiger partial charge on any atom is 0.243 e. The van der Waals surface area contributed by atoms with Crippen molar-refractivity contribution in [1.82, 2.24) is 10.2 Å². The number of primary amides is 1. The molecule has 0 aromatic rings. The number of amides is 2. The highest BCUT2D eigenvalue weighted by Crippen LogP contribution is 2.21. The third-order valence-corrected chi connectivity index (χ3v) is 3.11. The molecule has 1 aliphatic heterocycles. The van der Waals surface area contributed by atoms with E-state index >= 15 is 0 Å². The molecule has 0 radical (unpaired) electrons. The summed E-state index contributed by atoms with van der Waals surface area (Å²) >= 11 is 0. The molecule has 1 unspecified atom stereocenters. The molecular weight excluding hydrogens is 206 g/mol. The fourth-order valence-electron chi connectivity index (χ4n) is 2.10. The lowest BCUT2D eigenvalue weighted by atomic mass is 9.89. The Morgan fingerprint density at radius 1 is 1.44 bits per heavy atom. The van der Waals surface area contributed by atoms with Gasteiger partial charge in [-0.25, -0.2) is 0 Å². The van der Waals surface area contributed by atoms with E-state index in [-0.39, 0.29) is 12.5 Å². The number of carbonyl (C=O) groups excluding carboxylic acids is 2. The predicted octanol–water partition coefficient (Wildman–Crippen LogP) is -0.148. The Labute approximate surface area is 96.4 Å². The lowest BCUT2D eigenvalue weighted by Gasteiger charge is -2.37. The summed E-state index contributed by atoms with van der Waals surface area (Å²) in [6, 6.07) is 0. The number of carbonyl (C=O) groups is 2. The average Bonchev–Trinajstić information content (AvgIpc) is 2.25. The van der Waals surface area contributed by atoms with Crippen LogP contribution in [0.25, 0.3) is 0 Å². The number of nitrogens with zero attached hydrogens (tertiary/aromatic N) is 1. The molecule has 1 saturated heterocycles. The summed E-state index contributed by atoms with van der Waals surface area (Å²) < 4.78 is 0. The van der Waals surface area contributed by atoms with Crippen LogP contribution in [0, 0.1) is 0 Å². The smallest absolute Gasteiger partial charge is 0.243 e. The molecule has 3 N–H and O–H groups in total. The molecule has 1 atom stereocenters. The topological polar surface area (TPSA) is 75.4 Å². The van der Waals surface area contributed by atoms with Crippen molar-refractivity contribution in [3.63, 3.8) is 0 Å². The van der Waals surface area contributed by atoms with Crippen molar-refractivity contribution >= 4 is 11.8 Å². The summed E-state index contributed by atoms with van der Waals surface area (Å²) in [5.41, 5.74) is 4.60. The summed E-state index contributed by atoms with van der Waals surface area (Å²) in [7, 11) is 0. The second kappa shape index (κ2) is 5.30. The first-order valence-electron chi connectivity index (χ1n) is 5.82. The van der Waals surface area contributed by atoms with E-state index in [9.17, 15) is 9.59 Å². The number of nitrogens with two attached hydrogens (primary N) is 1. The van der Waals surface area contributed by atoms with Gasteiger partial charge in [0.25, 0.3) is 0 Å². The van der Waals surface area contributed by atoms with Crippen LogP contribution in [0.3, 0.4) is 0 Å². The van der Waals surface area contributed by atoms with E-state index in [1.54, 1.807) is 0 Å². The van der Waals surface area contributed by atoms with E-state index in [4.69, 9.17) is 5.73 Å². The Balaban J connectivity index is 2.68. The Kier molecular flexibility index (Phi) is 4.29. The fourth-order valence-corrected chi connectivity index (χ4v) is 2.10. The minimum Gasteiger partial charge on any atom is -0.368 e. The monoisotopic (exact) mass is 227 g/mol. The third-order valence-electron chi connectivity index (χ3n) is 3.11. The molecule has 1 heterocycles. The van der Waals surface area contributed by atoms with Crippen LogP contribution >= 0.6 is 0 Å². The van der Waals surface area contributed by atoms with Crippen LogP contribution in [0.5, 0.6) is 0 Å². The second-order valence-electron chi connectivity index (χ2n) is 4.50. The lowest BCUT2D eigenvalue weighted by molar-refractivity contribution is -0.141. The predicted molar refractivity (Wildman–Crippen MR) is 61.7 cm³/mol. The maximum absolute atomic E-state index is 12.2. The normalized spacial score (nSPS) is 25.1. The standard InChI is InChI=1S/C11H21N3O2/c1-3-14(8-9(12)15)10(16)11(2)6-4-5-7-13-11/h13H,3-8H2,1-2H3,(H2,12,15). The minimum atomic E-state index is -0.524. The lowest BCUT2D eigenvalue weighted by Crippen LogP contribution is -2.59. The molecule has 1 fully saturated rings. The van der Waals surface area contributed by atoms with Crippen molar-refractivity contribution in [2.24, 2.45) is 5.73 Å². The number of hydrogen-bond acceptors (Lipinski definition) is 3. The van der Waals surface area contributed by atoms with Crippen molar-refractivity contribution in [3.8, 4) is 0 Å². The van der Waals surface area contributed by atoms with Crippen LogP contribution in [0.1, 0.15) is 33.1 Å². The molecule has 92 valence electrons. The fraction of sp³-hybridized carbons (Fsp3) is 0.818. The van der Waals surface area contributed by atoms with Crippen LogP contribution in [-0.4, -0.2) is 41.9 Å². The molecule has 0 saturated carbocycles. The quantitative estimate of drug-likeness (QED) is 0.701. The van der Waals surface area contributed by atoms with E-state index in [0.717, 1.165) is 25.8 Å². The highest BCUT2D eigenvalue weighted by atomic mass is 16.2. The Morgan fingerprint density at radius 2 is 2.12 bits per heavy atom. The van der Waals surface area contributed by atoms with Gasteiger partial charge in [0.05, 0.1) is 12.1 Å².